The van der Waals surface area contributed by atoms with Crippen molar-refractivity contribution in [3.05, 3.63) is 53.6 Å². The summed E-state index contributed by atoms with van der Waals surface area (Å²) in [6.45, 7) is -1.84. The third-order valence-corrected chi connectivity index (χ3v) is 4.02. The zero-order valence-electron chi connectivity index (χ0n) is 14.9. The molecule has 0 aliphatic rings. The molecule has 2 aromatic carbocycles. The monoisotopic (exact) mass is 411 g/mol. The molecule has 0 aliphatic heterocycles. The van der Waals surface area contributed by atoms with Crippen molar-refractivity contribution in [3.8, 4) is 28.6 Å². The fraction of sp³-hybridized carbons (Fsp3) is 0.263. The molecule has 2 N–H and O–H groups in total. The van der Waals surface area contributed by atoms with E-state index in [1.165, 1.54) is 6.07 Å². The maximum Gasteiger partial charge on any atom is 0.419 e. The maximum absolute atomic E-state index is 13.3. The Morgan fingerprint density at radius 3 is 2.38 bits per heavy atom. The average Bonchev–Trinajstić information content (AvgIpc) is 3.21. The van der Waals surface area contributed by atoms with Crippen LogP contribution in [0.15, 0.2) is 47.0 Å². The van der Waals surface area contributed by atoms with E-state index in [0.29, 0.717) is 11.1 Å². The van der Waals surface area contributed by atoms with E-state index in [4.69, 9.17) is 14.4 Å². The van der Waals surface area contributed by atoms with Crippen LogP contribution in [-0.4, -0.2) is 40.2 Å². The molecule has 0 radical (unpaired) electrons. The summed E-state index contributed by atoms with van der Waals surface area (Å²) in [5, 5.41) is 22.3. The Bertz CT molecular complexity index is 958. The molecule has 0 spiro atoms. The number of nitrogens with zero attached hydrogens (tertiary/aromatic N) is 2. The number of rotatable bonds is 7. The standard InChI is InChI=1S/C19H16F4N2O4/c20-7-8-28-16-6-5-13(9-14(16)19(21,22)23)18-24-17(25-29-18)12-3-1-11(2-4-12)15(27)10-26/h1-6,9,15,26-27H,7-8,10H2/i20-1. The Balaban J connectivity index is 1.90. The van der Waals surface area contributed by atoms with Gasteiger partial charge in [0.25, 0.3) is 5.89 Å². The van der Waals surface area contributed by atoms with Crippen molar-refractivity contribution in [2.75, 3.05) is 19.9 Å². The minimum Gasteiger partial charge on any atom is -0.490 e. The van der Waals surface area contributed by atoms with Gasteiger partial charge in [0.1, 0.15) is 25.1 Å². The first-order valence-corrected chi connectivity index (χ1v) is 8.47. The van der Waals surface area contributed by atoms with E-state index in [2.05, 4.69) is 10.1 Å². The van der Waals surface area contributed by atoms with Gasteiger partial charge in [-0.05, 0) is 23.8 Å². The molecule has 1 atom stereocenters. The summed E-state index contributed by atoms with van der Waals surface area (Å²) in [6.07, 6.45) is -5.74. The van der Waals surface area contributed by atoms with Gasteiger partial charge in [0, 0.05) is 11.1 Å². The molecule has 3 rings (SSSR count). The summed E-state index contributed by atoms with van der Waals surface area (Å²) in [4.78, 5) is 4.10. The molecule has 1 unspecified atom stereocenters. The number of aliphatic hydroxyl groups excluding tert-OH is 2. The highest BCUT2D eigenvalue weighted by atomic mass is 19.4. The molecule has 6 nitrogen and oxygen atoms in total. The zero-order valence-corrected chi connectivity index (χ0v) is 14.9. The van der Waals surface area contributed by atoms with Crippen LogP contribution in [0.5, 0.6) is 5.75 Å². The maximum atomic E-state index is 13.3. The van der Waals surface area contributed by atoms with E-state index >= 15 is 0 Å². The average molecular weight is 411 g/mol. The summed E-state index contributed by atoms with van der Waals surface area (Å²) >= 11 is 0. The Morgan fingerprint density at radius 1 is 1.07 bits per heavy atom. The van der Waals surface area contributed by atoms with Gasteiger partial charge >= 0.3 is 6.18 Å². The molecule has 1 aromatic heterocycles. The number of halogens is 4. The van der Waals surface area contributed by atoms with Gasteiger partial charge in [0.2, 0.25) is 5.82 Å². The first-order valence-electron chi connectivity index (χ1n) is 8.47. The van der Waals surface area contributed by atoms with E-state index < -0.39 is 43.5 Å². The number of benzene rings is 2. The number of aromatic nitrogens is 2. The highest BCUT2D eigenvalue weighted by Crippen LogP contribution is 2.38. The topological polar surface area (TPSA) is 88.6 Å². The molecule has 0 aliphatic carbocycles. The lowest BCUT2D eigenvalue weighted by atomic mass is 10.1. The summed E-state index contributed by atoms with van der Waals surface area (Å²) in [6, 6.07) is 9.46. The van der Waals surface area contributed by atoms with E-state index in [1.54, 1.807) is 24.3 Å². The molecule has 1 heterocycles. The van der Waals surface area contributed by atoms with Crippen LogP contribution in [0.4, 0.5) is 17.6 Å². The number of alkyl halides is 4. The summed E-state index contributed by atoms with van der Waals surface area (Å²) in [5.41, 5.74) is -0.0620. The van der Waals surface area contributed by atoms with Crippen LogP contribution < -0.4 is 4.74 Å². The zero-order chi connectivity index (χ0) is 21.0. The molecular weight excluding hydrogens is 395 g/mol. The SMILES string of the molecule is OCC(O)c1ccc(-c2noc(-c3ccc(OCC[18F])c(C(F)(F)F)c3)n2)cc1. The van der Waals surface area contributed by atoms with Gasteiger partial charge in [0.05, 0.1) is 12.2 Å². The van der Waals surface area contributed by atoms with Gasteiger partial charge in [-0.15, -0.1) is 0 Å². The van der Waals surface area contributed by atoms with Crippen molar-refractivity contribution in [3.63, 3.8) is 0 Å². The van der Waals surface area contributed by atoms with Crippen molar-refractivity contribution in [1.29, 1.82) is 0 Å². The smallest absolute Gasteiger partial charge is 0.419 e. The molecule has 0 saturated carbocycles. The van der Waals surface area contributed by atoms with Crippen LogP contribution in [0.1, 0.15) is 17.2 Å². The lowest BCUT2D eigenvalue weighted by Gasteiger charge is -2.13. The fourth-order valence-corrected chi connectivity index (χ4v) is 2.58. The van der Waals surface area contributed by atoms with Gasteiger partial charge in [-0.25, -0.2) is 4.39 Å². The molecule has 0 amide bonds. The van der Waals surface area contributed by atoms with Gasteiger partial charge in [-0.3, -0.25) is 0 Å². The largest absolute Gasteiger partial charge is 0.490 e. The lowest BCUT2D eigenvalue weighted by molar-refractivity contribution is -0.138. The predicted octanol–water partition coefficient (Wildman–Crippen LogP) is 3.80. The first kappa shape index (κ1) is 20.7. The van der Waals surface area contributed by atoms with Gasteiger partial charge < -0.3 is 19.5 Å². The van der Waals surface area contributed by atoms with E-state index in [0.717, 1.165) is 12.1 Å². The quantitative estimate of drug-likeness (QED) is 0.575. The van der Waals surface area contributed by atoms with Crippen molar-refractivity contribution in [1.82, 2.24) is 10.1 Å². The van der Waals surface area contributed by atoms with E-state index in [1.807, 2.05) is 0 Å². The second-order valence-corrected chi connectivity index (χ2v) is 5.99. The van der Waals surface area contributed by atoms with Crippen molar-refractivity contribution >= 4 is 0 Å². The Labute approximate surface area is 162 Å². The van der Waals surface area contributed by atoms with Gasteiger partial charge in [-0.2, -0.15) is 18.2 Å². The highest BCUT2D eigenvalue weighted by molar-refractivity contribution is 5.62. The van der Waals surface area contributed by atoms with Crippen molar-refractivity contribution < 1.29 is 37.0 Å². The first-order chi connectivity index (χ1) is 13.8. The van der Waals surface area contributed by atoms with Crippen LogP contribution in [0.25, 0.3) is 22.8 Å². The Morgan fingerprint density at radius 2 is 1.76 bits per heavy atom. The molecule has 29 heavy (non-hydrogen) atoms. The number of hydrogen-bond donors (Lipinski definition) is 2. The molecular formula is C19H16F4N2O4. The minimum absolute atomic E-state index is 0.0241. The van der Waals surface area contributed by atoms with Crippen LogP contribution in [0.3, 0.4) is 0 Å². The molecule has 0 bridgehead atoms. The molecule has 3 aromatic rings. The molecule has 0 saturated heterocycles. The normalized spacial score (nSPS) is 12.8. The highest BCUT2D eigenvalue weighted by Gasteiger charge is 2.35. The second kappa shape index (κ2) is 8.58. The van der Waals surface area contributed by atoms with E-state index in [-0.39, 0.29) is 17.3 Å². The lowest BCUT2D eigenvalue weighted by Crippen LogP contribution is -2.10. The summed E-state index contributed by atoms with van der Waals surface area (Å²) in [7, 11) is 0. The molecule has 0 fully saturated rings. The van der Waals surface area contributed by atoms with Gasteiger partial charge in [0.15, 0.2) is 0 Å². The third kappa shape index (κ3) is 4.72. The number of ether oxygens (including phenoxy) is 1. The van der Waals surface area contributed by atoms with Crippen LogP contribution in [0.2, 0.25) is 0 Å². The Hall–Kier alpha value is -2.98. The molecule has 10 heteroatoms. The number of hydrogen-bond acceptors (Lipinski definition) is 6. The van der Waals surface area contributed by atoms with Gasteiger partial charge in [-0.1, -0.05) is 29.4 Å². The fourth-order valence-electron chi connectivity index (χ4n) is 2.58. The Kier molecular flexibility index (Phi) is 6.14. The third-order valence-electron chi connectivity index (χ3n) is 4.02. The summed E-state index contributed by atoms with van der Waals surface area (Å²) < 4.78 is 62.0. The summed E-state index contributed by atoms with van der Waals surface area (Å²) in [5.74, 6) is -0.491. The van der Waals surface area contributed by atoms with Crippen LogP contribution in [0, 0.1) is 0 Å². The second-order valence-electron chi connectivity index (χ2n) is 5.99. The van der Waals surface area contributed by atoms with E-state index in [9.17, 15) is 22.7 Å². The van der Waals surface area contributed by atoms with Crippen LogP contribution >= 0.6 is 0 Å². The molecule has 154 valence electrons. The number of aliphatic hydroxyl groups is 2. The van der Waals surface area contributed by atoms with Crippen LogP contribution in [-0.2, 0) is 6.18 Å². The van der Waals surface area contributed by atoms with Crippen molar-refractivity contribution in [2.24, 2.45) is 0 Å². The minimum atomic E-state index is -4.71. The van der Waals surface area contributed by atoms with Crippen molar-refractivity contribution in [2.45, 2.75) is 12.3 Å². The predicted molar refractivity (Wildman–Crippen MR) is 93.7 cm³/mol.